The fraction of sp³-hybridized carbons (Fsp3) is 0.500. The molecule has 19 heavy (non-hydrogen) atoms. The number of carbonyl (C=O) groups excluding carboxylic acids is 1. The molecule has 2 rings (SSSR count). The predicted molar refractivity (Wildman–Crippen MR) is 70.3 cm³/mol. The maximum Gasteiger partial charge on any atom is 0.176 e. The minimum atomic E-state index is -0.282. The quantitative estimate of drug-likeness (QED) is 0.546. The first-order valence-electron chi connectivity index (χ1n) is 6.37. The highest BCUT2D eigenvalue weighted by atomic mass is 16.3. The maximum atomic E-state index is 12.0. The first kappa shape index (κ1) is 13.8. The van der Waals surface area contributed by atoms with E-state index in [1.807, 2.05) is 11.9 Å². The predicted octanol–water partition coefficient (Wildman–Crippen LogP) is 0.983. The molecule has 0 heterocycles. The Bertz CT molecular complexity index is 469. The van der Waals surface area contributed by atoms with Gasteiger partial charge in [0, 0.05) is 12.1 Å². The third-order valence-corrected chi connectivity index (χ3v) is 3.49. The van der Waals surface area contributed by atoms with Crippen LogP contribution in [-0.2, 0) is 0 Å². The van der Waals surface area contributed by atoms with Crippen molar-refractivity contribution in [1.82, 2.24) is 4.90 Å². The largest absolute Gasteiger partial charge is 0.504 e. The lowest BCUT2D eigenvalue weighted by Gasteiger charge is -2.34. The summed E-state index contributed by atoms with van der Waals surface area (Å²) in [5.41, 5.74) is 0.385. The third kappa shape index (κ3) is 3.45. The van der Waals surface area contributed by atoms with E-state index in [0.717, 1.165) is 19.4 Å². The van der Waals surface area contributed by atoms with Crippen LogP contribution in [0.4, 0.5) is 0 Å². The van der Waals surface area contributed by atoms with Gasteiger partial charge in [-0.25, -0.2) is 0 Å². The molecule has 0 saturated heterocycles. The van der Waals surface area contributed by atoms with Gasteiger partial charge in [-0.15, -0.1) is 0 Å². The van der Waals surface area contributed by atoms with Gasteiger partial charge in [-0.05, 0) is 44.0 Å². The summed E-state index contributed by atoms with van der Waals surface area (Å²) in [6, 6.07) is 4.09. The van der Waals surface area contributed by atoms with Crippen LogP contribution < -0.4 is 0 Å². The molecule has 1 saturated carbocycles. The number of phenolic OH excluding ortho intramolecular Hbond substituents is 2. The summed E-state index contributed by atoms with van der Waals surface area (Å²) in [7, 11) is 1.86. The van der Waals surface area contributed by atoms with Gasteiger partial charge in [-0.1, -0.05) is 0 Å². The van der Waals surface area contributed by atoms with Crippen molar-refractivity contribution in [3.05, 3.63) is 23.8 Å². The van der Waals surface area contributed by atoms with E-state index in [-0.39, 0.29) is 29.9 Å². The SMILES string of the molecule is CN(CC(=O)c1ccc(O)c(O)c1)CC1CC(O)C1. The van der Waals surface area contributed by atoms with Crippen LogP contribution in [0.15, 0.2) is 18.2 Å². The average molecular weight is 265 g/mol. The number of aliphatic hydroxyl groups is 1. The van der Waals surface area contributed by atoms with Crippen LogP contribution in [0.2, 0.25) is 0 Å². The molecule has 0 aliphatic heterocycles. The first-order valence-corrected chi connectivity index (χ1v) is 6.37. The molecule has 1 aliphatic carbocycles. The number of ketones is 1. The van der Waals surface area contributed by atoms with Crippen molar-refractivity contribution in [2.24, 2.45) is 5.92 Å². The van der Waals surface area contributed by atoms with Gasteiger partial charge in [0.1, 0.15) is 0 Å². The molecule has 3 N–H and O–H groups in total. The molecule has 1 aromatic carbocycles. The zero-order valence-electron chi connectivity index (χ0n) is 10.9. The van der Waals surface area contributed by atoms with Gasteiger partial charge in [-0.2, -0.15) is 0 Å². The van der Waals surface area contributed by atoms with E-state index in [1.54, 1.807) is 0 Å². The normalized spacial score (nSPS) is 22.3. The molecule has 0 bridgehead atoms. The minimum absolute atomic E-state index is 0.0994. The lowest BCUT2D eigenvalue weighted by molar-refractivity contribution is 0.0286. The highest BCUT2D eigenvalue weighted by Crippen LogP contribution is 2.28. The molecule has 104 valence electrons. The maximum absolute atomic E-state index is 12.0. The number of carbonyl (C=O) groups is 1. The van der Waals surface area contributed by atoms with Crippen molar-refractivity contribution in [3.63, 3.8) is 0 Å². The van der Waals surface area contributed by atoms with Gasteiger partial charge in [0.05, 0.1) is 12.6 Å². The molecule has 1 aromatic rings. The van der Waals surface area contributed by atoms with E-state index in [1.165, 1.54) is 18.2 Å². The van der Waals surface area contributed by atoms with Crippen LogP contribution in [0.5, 0.6) is 11.5 Å². The van der Waals surface area contributed by atoms with Crippen LogP contribution in [0, 0.1) is 5.92 Å². The molecule has 0 radical (unpaired) electrons. The second-order valence-electron chi connectivity index (χ2n) is 5.31. The van der Waals surface area contributed by atoms with Gasteiger partial charge in [0.2, 0.25) is 0 Å². The van der Waals surface area contributed by atoms with E-state index in [9.17, 15) is 20.1 Å². The second kappa shape index (κ2) is 5.59. The van der Waals surface area contributed by atoms with E-state index in [4.69, 9.17) is 0 Å². The minimum Gasteiger partial charge on any atom is -0.504 e. The molecule has 1 aliphatic rings. The number of Topliss-reactive ketones (excluding diaryl/α,β-unsaturated/α-hetero) is 1. The number of hydrogen-bond donors (Lipinski definition) is 3. The van der Waals surface area contributed by atoms with Gasteiger partial charge in [-0.3, -0.25) is 9.69 Å². The van der Waals surface area contributed by atoms with E-state index in [0.29, 0.717) is 11.5 Å². The smallest absolute Gasteiger partial charge is 0.176 e. The highest BCUT2D eigenvalue weighted by Gasteiger charge is 2.28. The standard InChI is InChI=1S/C14H19NO4/c1-15(7-9-4-11(16)5-9)8-14(19)10-2-3-12(17)13(18)6-10/h2-3,6,9,11,16-18H,4-5,7-8H2,1H3. The monoisotopic (exact) mass is 265 g/mol. The lowest BCUT2D eigenvalue weighted by atomic mass is 9.82. The number of aliphatic hydroxyl groups excluding tert-OH is 1. The molecular formula is C14H19NO4. The zero-order valence-corrected chi connectivity index (χ0v) is 10.9. The zero-order chi connectivity index (χ0) is 14.0. The third-order valence-electron chi connectivity index (χ3n) is 3.49. The van der Waals surface area contributed by atoms with Crippen LogP contribution in [0.25, 0.3) is 0 Å². The lowest BCUT2D eigenvalue weighted by Crippen LogP contribution is -2.38. The number of nitrogens with zero attached hydrogens (tertiary/aromatic N) is 1. The second-order valence-corrected chi connectivity index (χ2v) is 5.31. The van der Waals surface area contributed by atoms with Gasteiger partial charge < -0.3 is 15.3 Å². The van der Waals surface area contributed by atoms with Crippen molar-refractivity contribution < 1.29 is 20.1 Å². The fourth-order valence-electron chi connectivity index (χ4n) is 2.39. The van der Waals surface area contributed by atoms with Gasteiger partial charge >= 0.3 is 0 Å². The Balaban J connectivity index is 1.87. The Labute approximate surface area is 112 Å². The summed E-state index contributed by atoms with van der Waals surface area (Å²) in [6.07, 6.45) is 1.43. The molecule has 0 aromatic heterocycles. The van der Waals surface area contributed by atoms with E-state index >= 15 is 0 Å². The van der Waals surface area contributed by atoms with Crippen molar-refractivity contribution in [1.29, 1.82) is 0 Å². The molecule has 0 unspecified atom stereocenters. The fourth-order valence-corrected chi connectivity index (χ4v) is 2.39. The van der Waals surface area contributed by atoms with E-state index < -0.39 is 0 Å². The van der Waals surface area contributed by atoms with Crippen LogP contribution >= 0.6 is 0 Å². The molecule has 5 nitrogen and oxygen atoms in total. The number of phenols is 2. The number of aromatic hydroxyl groups is 2. The summed E-state index contributed by atoms with van der Waals surface area (Å²) in [5.74, 6) is -0.150. The van der Waals surface area contributed by atoms with Gasteiger partial charge in [0.15, 0.2) is 17.3 Å². The first-order chi connectivity index (χ1) is 8.95. The van der Waals surface area contributed by atoms with Crippen LogP contribution in [0.3, 0.4) is 0 Å². The van der Waals surface area contributed by atoms with Crippen molar-refractivity contribution in [2.45, 2.75) is 18.9 Å². The Morgan fingerprint density at radius 1 is 1.32 bits per heavy atom. The van der Waals surface area contributed by atoms with Crippen LogP contribution in [0.1, 0.15) is 23.2 Å². The number of benzene rings is 1. The summed E-state index contributed by atoms with van der Waals surface area (Å²) in [6.45, 7) is 1.05. The average Bonchev–Trinajstić information content (AvgIpc) is 2.30. The molecule has 0 atom stereocenters. The molecular weight excluding hydrogens is 246 g/mol. The van der Waals surface area contributed by atoms with Gasteiger partial charge in [0.25, 0.3) is 0 Å². The topological polar surface area (TPSA) is 81.0 Å². The summed E-state index contributed by atoms with van der Waals surface area (Å²) < 4.78 is 0. The molecule has 0 spiro atoms. The summed E-state index contributed by atoms with van der Waals surface area (Å²) >= 11 is 0. The highest BCUT2D eigenvalue weighted by molar-refractivity contribution is 5.98. The summed E-state index contributed by atoms with van der Waals surface area (Å²) in [4.78, 5) is 13.9. The number of hydrogen-bond acceptors (Lipinski definition) is 5. The van der Waals surface area contributed by atoms with E-state index in [2.05, 4.69) is 0 Å². The summed E-state index contributed by atoms with van der Waals surface area (Å²) in [5, 5.41) is 27.8. The Hall–Kier alpha value is -1.59. The Kier molecular flexibility index (Phi) is 4.07. The molecule has 5 heteroatoms. The molecule has 1 fully saturated rings. The van der Waals surface area contributed by atoms with Crippen LogP contribution in [-0.4, -0.2) is 52.2 Å². The van der Waals surface area contributed by atoms with Crippen molar-refractivity contribution in [3.8, 4) is 11.5 Å². The Morgan fingerprint density at radius 2 is 2.00 bits per heavy atom. The van der Waals surface area contributed by atoms with Crippen molar-refractivity contribution in [2.75, 3.05) is 20.1 Å². The Morgan fingerprint density at radius 3 is 2.58 bits per heavy atom. The number of likely N-dealkylation sites (N-methyl/N-ethyl adjacent to an activating group) is 1. The number of rotatable bonds is 5. The van der Waals surface area contributed by atoms with Crippen molar-refractivity contribution >= 4 is 5.78 Å². The molecule has 0 amide bonds.